The molecule has 1 aromatic heterocycles. The molecule has 1 amide bonds. The van der Waals surface area contributed by atoms with Crippen molar-refractivity contribution in [1.29, 1.82) is 0 Å². The number of aliphatic imine (C=N–C) groups is 1. The third-order valence-electron chi connectivity index (χ3n) is 3.61. The summed E-state index contributed by atoms with van der Waals surface area (Å²) in [6.07, 6.45) is 0.128. The highest BCUT2D eigenvalue weighted by atomic mass is 32.1. The van der Waals surface area contributed by atoms with Crippen LogP contribution in [0.3, 0.4) is 0 Å². The Morgan fingerprint density at radius 1 is 1.14 bits per heavy atom. The van der Waals surface area contributed by atoms with Gasteiger partial charge in [0.1, 0.15) is 12.3 Å². The van der Waals surface area contributed by atoms with Crippen LogP contribution < -0.4 is 20.7 Å². The van der Waals surface area contributed by atoms with Gasteiger partial charge in [0.25, 0.3) is 0 Å². The summed E-state index contributed by atoms with van der Waals surface area (Å²) >= 11 is 1.73. The van der Waals surface area contributed by atoms with Gasteiger partial charge in [-0.25, -0.2) is 4.99 Å². The van der Waals surface area contributed by atoms with Gasteiger partial charge < -0.3 is 20.7 Å². The number of ether oxygens (including phenoxy) is 1. The monoisotopic (exact) mass is 416 g/mol. The standard InChI is InChI=1S/C22H32N4O2S/c1-15(2)28-18-10-8-17(9-11-18)25-21(23-13-19-12-7-16(3)29-19)24-14-20(27)26-22(4,5)6/h7-12,15H,13-14H2,1-6H3,(H,26,27)(H2,23,24,25). The summed E-state index contributed by atoms with van der Waals surface area (Å²) in [6.45, 7) is 12.6. The second-order valence-corrected chi connectivity index (χ2v) is 9.52. The van der Waals surface area contributed by atoms with Crippen LogP contribution >= 0.6 is 11.3 Å². The number of carbonyl (C=O) groups is 1. The Labute approximate surface area is 177 Å². The Kier molecular flexibility index (Phi) is 8.08. The molecule has 7 heteroatoms. The second kappa shape index (κ2) is 10.3. The van der Waals surface area contributed by atoms with E-state index in [1.807, 2.05) is 58.9 Å². The fourth-order valence-electron chi connectivity index (χ4n) is 2.52. The average Bonchev–Trinajstić information content (AvgIpc) is 3.02. The molecule has 6 nitrogen and oxygen atoms in total. The number of anilines is 1. The van der Waals surface area contributed by atoms with E-state index in [9.17, 15) is 4.79 Å². The van der Waals surface area contributed by atoms with Crippen LogP contribution in [0.5, 0.6) is 5.75 Å². The Balaban J connectivity index is 2.06. The van der Waals surface area contributed by atoms with Crippen molar-refractivity contribution in [2.24, 2.45) is 4.99 Å². The molecule has 0 spiro atoms. The molecule has 0 atom stereocenters. The number of nitrogens with zero attached hydrogens (tertiary/aromatic N) is 1. The minimum atomic E-state index is -0.283. The van der Waals surface area contributed by atoms with E-state index in [1.165, 1.54) is 9.75 Å². The van der Waals surface area contributed by atoms with E-state index < -0.39 is 0 Å². The summed E-state index contributed by atoms with van der Waals surface area (Å²) in [5.41, 5.74) is 0.583. The summed E-state index contributed by atoms with van der Waals surface area (Å²) in [4.78, 5) is 19.1. The van der Waals surface area contributed by atoms with Gasteiger partial charge in [0.15, 0.2) is 5.96 Å². The molecular formula is C22H32N4O2S. The van der Waals surface area contributed by atoms with E-state index >= 15 is 0 Å². The summed E-state index contributed by atoms with van der Waals surface area (Å²) in [5.74, 6) is 1.25. The lowest BCUT2D eigenvalue weighted by molar-refractivity contribution is -0.121. The van der Waals surface area contributed by atoms with E-state index in [0.29, 0.717) is 12.5 Å². The van der Waals surface area contributed by atoms with Crippen molar-refractivity contribution in [3.8, 4) is 5.75 Å². The Bertz CT molecular complexity index is 820. The third-order valence-corrected chi connectivity index (χ3v) is 4.61. The number of amides is 1. The Hall–Kier alpha value is -2.54. The molecule has 0 aliphatic heterocycles. The lowest BCUT2D eigenvalue weighted by Gasteiger charge is -2.20. The highest BCUT2D eigenvalue weighted by Gasteiger charge is 2.13. The zero-order valence-corrected chi connectivity index (χ0v) is 18.9. The highest BCUT2D eigenvalue weighted by Crippen LogP contribution is 2.17. The van der Waals surface area contributed by atoms with Crippen molar-refractivity contribution in [2.75, 3.05) is 11.9 Å². The maximum Gasteiger partial charge on any atom is 0.242 e. The van der Waals surface area contributed by atoms with Crippen LogP contribution in [-0.2, 0) is 11.3 Å². The molecule has 2 rings (SSSR count). The van der Waals surface area contributed by atoms with Gasteiger partial charge in [0, 0.05) is 21.0 Å². The van der Waals surface area contributed by atoms with Gasteiger partial charge in [0.05, 0.1) is 12.6 Å². The van der Waals surface area contributed by atoms with E-state index in [4.69, 9.17) is 4.74 Å². The normalized spacial score (nSPS) is 12.0. The van der Waals surface area contributed by atoms with E-state index in [1.54, 1.807) is 11.3 Å². The molecule has 0 unspecified atom stereocenters. The largest absolute Gasteiger partial charge is 0.491 e. The molecule has 0 radical (unpaired) electrons. The third kappa shape index (κ3) is 9.00. The van der Waals surface area contributed by atoms with Gasteiger partial charge in [0.2, 0.25) is 5.91 Å². The first-order chi connectivity index (χ1) is 13.6. The van der Waals surface area contributed by atoms with Gasteiger partial charge >= 0.3 is 0 Å². The number of guanidine groups is 1. The van der Waals surface area contributed by atoms with Crippen LogP contribution in [0.4, 0.5) is 5.69 Å². The molecule has 0 bridgehead atoms. The first kappa shape index (κ1) is 22.7. The molecule has 2 aromatic rings. The van der Waals surface area contributed by atoms with Crippen molar-refractivity contribution < 1.29 is 9.53 Å². The van der Waals surface area contributed by atoms with Crippen LogP contribution in [0.25, 0.3) is 0 Å². The molecule has 1 heterocycles. The van der Waals surface area contributed by atoms with Gasteiger partial charge in [-0.2, -0.15) is 0 Å². The smallest absolute Gasteiger partial charge is 0.242 e. The fraction of sp³-hybridized carbons (Fsp3) is 0.455. The molecule has 0 saturated carbocycles. The van der Waals surface area contributed by atoms with E-state index in [2.05, 4.69) is 40.0 Å². The van der Waals surface area contributed by atoms with Crippen molar-refractivity contribution >= 4 is 28.9 Å². The van der Waals surface area contributed by atoms with Gasteiger partial charge in [-0.3, -0.25) is 4.79 Å². The maximum absolute atomic E-state index is 12.2. The quantitative estimate of drug-likeness (QED) is 0.464. The van der Waals surface area contributed by atoms with E-state index in [0.717, 1.165) is 11.4 Å². The zero-order valence-electron chi connectivity index (χ0n) is 18.1. The fourth-order valence-corrected chi connectivity index (χ4v) is 3.36. The van der Waals surface area contributed by atoms with Crippen molar-refractivity contribution in [1.82, 2.24) is 10.6 Å². The second-order valence-electron chi connectivity index (χ2n) is 8.14. The maximum atomic E-state index is 12.2. The number of carbonyl (C=O) groups excluding carboxylic acids is 1. The first-order valence-electron chi connectivity index (χ1n) is 9.79. The number of hydrogen-bond acceptors (Lipinski definition) is 4. The minimum absolute atomic E-state index is 0.0462. The van der Waals surface area contributed by atoms with Crippen molar-refractivity contribution in [3.63, 3.8) is 0 Å². The summed E-state index contributed by atoms with van der Waals surface area (Å²) in [7, 11) is 0. The predicted molar refractivity (Wildman–Crippen MR) is 122 cm³/mol. The molecule has 0 saturated heterocycles. The molecule has 0 fully saturated rings. The van der Waals surface area contributed by atoms with Crippen LogP contribution in [-0.4, -0.2) is 30.1 Å². The van der Waals surface area contributed by atoms with Crippen molar-refractivity contribution in [3.05, 3.63) is 46.2 Å². The van der Waals surface area contributed by atoms with Crippen LogP contribution in [0.15, 0.2) is 41.4 Å². The number of aryl methyl sites for hydroxylation is 1. The average molecular weight is 417 g/mol. The van der Waals surface area contributed by atoms with Crippen LogP contribution in [0.1, 0.15) is 44.4 Å². The number of thiophene rings is 1. The molecule has 0 aliphatic rings. The lowest BCUT2D eigenvalue weighted by atomic mass is 10.1. The van der Waals surface area contributed by atoms with Gasteiger partial charge in [-0.15, -0.1) is 11.3 Å². The highest BCUT2D eigenvalue weighted by molar-refractivity contribution is 7.11. The first-order valence-corrected chi connectivity index (χ1v) is 10.6. The molecule has 29 heavy (non-hydrogen) atoms. The summed E-state index contributed by atoms with van der Waals surface area (Å²) in [6, 6.07) is 11.9. The van der Waals surface area contributed by atoms with Gasteiger partial charge in [-0.05, 0) is 77.9 Å². The SMILES string of the molecule is Cc1ccc(CNC(=NCC(=O)NC(C)(C)C)Nc2ccc(OC(C)C)cc2)s1. The Morgan fingerprint density at radius 2 is 1.83 bits per heavy atom. The molecule has 158 valence electrons. The van der Waals surface area contributed by atoms with E-state index in [-0.39, 0.29) is 24.1 Å². The van der Waals surface area contributed by atoms with Crippen molar-refractivity contribution in [2.45, 2.75) is 59.7 Å². The van der Waals surface area contributed by atoms with Crippen LogP contribution in [0, 0.1) is 6.92 Å². The number of hydrogen-bond donors (Lipinski definition) is 3. The molecular weight excluding hydrogens is 384 g/mol. The zero-order chi connectivity index (χ0) is 21.4. The Morgan fingerprint density at radius 3 is 2.38 bits per heavy atom. The topological polar surface area (TPSA) is 74.8 Å². The molecule has 0 aliphatic carbocycles. The lowest BCUT2D eigenvalue weighted by Crippen LogP contribution is -2.42. The summed E-state index contributed by atoms with van der Waals surface area (Å²) in [5, 5.41) is 9.49. The number of rotatable bonds is 7. The van der Waals surface area contributed by atoms with Crippen LogP contribution in [0.2, 0.25) is 0 Å². The molecule has 3 N–H and O–H groups in total. The summed E-state index contributed by atoms with van der Waals surface area (Å²) < 4.78 is 5.68. The molecule has 1 aromatic carbocycles. The predicted octanol–water partition coefficient (Wildman–Crippen LogP) is 4.32. The minimum Gasteiger partial charge on any atom is -0.491 e. The number of nitrogens with one attached hydrogen (secondary N) is 3. The van der Waals surface area contributed by atoms with Gasteiger partial charge in [-0.1, -0.05) is 0 Å². The number of benzene rings is 1.